The number of benzene rings is 1. The van der Waals surface area contributed by atoms with Gasteiger partial charge in [0.2, 0.25) is 0 Å². The highest BCUT2D eigenvalue weighted by Crippen LogP contribution is 2.26. The van der Waals surface area contributed by atoms with Crippen molar-refractivity contribution >= 4 is 12.2 Å². The number of rotatable bonds is 4. The number of hydrogen-bond donors (Lipinski definition) is 1. The first-order valence-corrected chi connectivity index (χ1v) is 7.66. The summed E-state index contributed by atoms with van der Waals surface area (Å²) in [7, 11) is 0. The van der Waals surface area contributed by atoms with Gasteiger partial charge in [0.25, 0.3) is 0 Å². The minimum Gasteiger partial charge on any atom is -0.483 e. The normalized spacial score (nSPS) is 13.2. The molecule has 5 heteroatoms. The summed E-state index contributed by atoms with van der Waals surface area (Å²) in [5, 5.41) is 7.08. The number of nitrogens with zero attached hydrogens (tertiary/aromatic N) is 2. The fourth-order valence-electron chi connectivity index (χ4n) is 2.24. The maximum absolute atomic E-state index is 5.97. The lowest BCUT2D eigenvalue weighted by Crippen LogP contribution is -2.12. The van der Waals surface area contributed by atoms with Gasteiger partial charge in [-0.05, 0) is 49.2 Å². The molecule has 1 aromatic heterocycles. The van der Waals surface area contributed by atoms with E-state index >= 15 is 0 Å². The highest BCUT2D eigenvalue weighted by molar-refractivity contribution is 7.71. The first-order chi connectivity index (χ1) is 9.82. The third-order valence-corrected chi connectivity index (χ3v) is 3.81. The summed E-state index contributed by atoms with van der Waals surface area (Å²) in [4.78, 5) is 0. The summed E-state index contributed by atoms with van der Waals surface area (Å²) in [5.74, 6) is 1.66. The second-order valence-electron chi connectivity index (χ2n) is 6.17. The molecule has 1 aromatic carbocycles. The largest absolute Gasteiger partial charge is 0.483 e. The SMILES string of the molecule is CCn1c(C(C)Oc2ccc(C(C)(C)C)cc2)n[nH]c1=S. The summed E-state index contributed by atoms with van der Waals surface area (Å²) in [6.07, 6.45) is -0.154. The molecule has 1 atom stereocenters. The molecule has 0 aliphatic rings. The van der Waals surface area contributed by atoms with Crippen molar-refractivity contribution in [3.8, 4) is 5.75 Å². The van der Waals surface area contributed by atoms with Gasteiger partial charge in [0.05, 0.1) is 0 Å². The zero-order valence-electron chi connectivity index (χ0n) is 13.3. The molecule has 1 unspecified atom stereocenters. The van der Waals surface area contributed by atoms with Crippen LogP contribution >= 0.6 is 12.2 Å². The number of hydrogen-bond acceptors (Lipinski definition) is 3. The van der Waals surface area contributed by atoms with Gasteiger partial charge in [-0.15, -0.1) is 0 Å². The number of aromatic amines is 1. The van der Waals surface area contributed by atoms with Crippen LogP contribution in [0, 0.1) is 4.77 Å². The number of aromatic nitrogens is 3. The Morgan fingerprint density at radius 2 is 1.90 bits per heavy atom. The van der Waals surface area contributed by atoms with Gasteiger partial charge < -0.3 is 9.30 Å². The highest BCUT2D eigenvalue weighted by atomic mass is 32.1. The molecule has 0 amide bonds. The van der Waals surface area contributed by atoms with Crippen LogP contribution in [0.15, 0.2) is 24.3 Å². The molecule has 1 heterocycles. The molecule has 4 nitrogen and oxygen atoms in total. The smallest absolute Gasteiger partial charge is 0.195 e. The number of ether oxygens (including phenoxy) is 1. The second-order valence-corrected chi connectivity index (χ2v) is 6.55. The number of nitrogens with one attached hydrogen (secondary N) is 1. The van der Waals surface area contributed by atoms with E-state index in [1.165, 1.54) is 5.56 Å². The van der Waals surface area contributed by atoms with E-state index in [0.29, 0.717) is 4.77 Å². The van der Waals surface area contributed by atoms with Crippen LogP contribution in [0.4, 0.5) is 0 Å². The van der Waals surface area contributed by atoms with Crippen LogP contribution < -0.4 is 4.74 Å². The van der Waals surface area contributed by atoms with E-state index in [4.69, 9.17) is 17.0 Å². The highest BCUT2D eigenvalue weighted by Gasteiger charge is 2.16. The summed E-state index contributed by atoms with van der Waals surface area (Å²) < 4.78 is 8.55. The Morgan fingerprint density at radius 1 is 1.29 bits per heavy atom. The minimum atomic E-state index is -0.154. The van der Waals surface area contributed by atoms with Crippen LogP contribution in [-0.4, -0.2) is 14.8 Å². The Morgan fingerprint density at radius 3 is 2.43 bits per heavy atom. The molecular formula is C16H23N3OS. The molecule has 1 N–H and O–H groups in total. The molecule has 0 fully saturated rings. The van der Waals surface area contributed by atoms with E-state index in [0.717, 1.165) is 18.1 Å². The van der Waals surface area contributed by atoms with E-state index in [1.54, 1.807) is 0 Å². The second kappa shape index (κ2) is 6.02. The molecular weight excluding hydrogens is 282 g/mol. The summed E-state index contributed by atoms with van der Waals surface area (Å²) in [6.45, 7) is 11.4. The topological polar surface area (TPSA) is 42.8 Å². The van der Waals surface area contributed by atoms with Crippen LogP contribution in [-0.2, 0) is 12.0 Å². The van der Waals surface area contributed by atoms with E-state index in [2.05, 4.69) is 43.1 Å². The lowest BCUT2D eigenvalue weighted by molar-refractivity contribution is 0.210. The minimum absolute atomic E-state index is 0.148. The Kier molecular flexibility index (Phi) is 4.52. The van der Waals surface area contributed by atoms with Crippen molar-refractivity contribution in [3.63, 3.8) is 0 Å². The van der Waals surface area contributed by atoms with Crippen molar-refractivity contribution in [1.29, 1.82) is 0 Å². The van der Waals surface area contributed by atoms with Crippen LogP contribution in [0.25, 0.3) is 0 Å². The molecule has 0 saturated heterocycles. The first kappa shape index (κ1) is 15.8. The summed E-state index contributed by atoms with van der Waals surface area (Å²) in [6, 6.07) is 8.24. The third kappa shape index (κ3) is 3.53. The van der Waals surface area contributed by atoms with Gasteiger partial charge >= 0.3 is 0 Å². The van der Waals surface area contributed by atoms with Crippen molar-refractivity contribution in [2.75, 3.05) is 0 Å². The van der Waals surface area contributed by atoms with Crippen molar-refractivity contribution in [2.24, 2.45) is 0 Å². The average molecular weight is 305 g/mol. The zero-order chi connectivity index (χ0) is 15.6. The Bertz CT molecular complexity index is 649. The monoisotopic (exact) mass is 305 g/mol. The van der Waals surface area contributed by atoms with Gasteiger partial charge in [-0.1, -0.05) is 32.9 Å². The van der Waals surface area contributed by atoms with Crippen molar-refractivity contribution in [2.45, 2.75) is 52.7 Å². The lowest BCUT2D eigenvalue weighted by atomic mass is 9.87. The van der Waals surface area contributed by atoms with E-state index < -0.39 is 0 Å². The first-order valence-electron chi connectivity index (χ1n) is 7.25. The van der Waals surface area contributed by atoms with Gasteiger partial charge in [0.15, 0.2) is 16.7 Å². The van der Waals surface area contributed by atoms with Crippen molar-refractivity contribution in [3.05, 3.63) is 40.4 Å². The van der Waals surface area contributed by atoms with Crippen LogP contribution in [0.1, 0.15) is 52.1 Å². The predicted molar refractivity (Wildman–Crippen MR) is 87.3 cm³/mol. The lowest BCUT2D eigenvalue weighted by Gasteiger charge is -2.20. The van der Waals surface area contributed by atoms with Crippen molar-refractivity contribution < 1.29 is 4.74 Å². The molecule has 0 spiro atoms. The van der Waals surface area contributed by atoms with Gasteiger partial charge in [0, 0.05) is 6.54 Å². The standard InChI is InChI=1S/C16H23N3OS/c1-6-19-14(17-18-15(19)21)11(2)20-13-9-7-12(8-10-13)16(3,4)5/h7-11H,6H2,1-5H3,(H,18,21). The fourth-order valence-corrected chi connectivity index (χ4v) is 2.50. The Balaban J connectivity index is 2.16. The molecule has 0 bridgehead atoms. The number of H-pyrrole nitrogens is 1. The van der Waals surface area contributed by atoms with Gasteiger partial charge in [-0.2, -0.15) is 5.10 Å². The maximum atomic E-state index is 5.97. The fraction of sp³-hybridized carbons (Fsp3) is 0.500. The molecule has 0 aliphatic carbocycles. The summed E-state index contributed by atoms with van der Waals surface area (Å²) >= 11 is 5.20. The van der Waals surface area contributed by atoms with Gasteiger partial charge in [-0.3, -0.25) is 5.10 Å². The van der Waals surface area contributed by atoms with Gasteiger partial charge in [0.1, 0.15) is 5.75 Å². The van der Waals surface area contributed by atoms with E-state index in [9.17, 15) is 0 Å². The third-order valence-electron chi connectivity index (χ3n) is 3.50. The quantitative estimate of drug-likeness (QED) is 0.851. The van der Waals surface area contributed by atoms with Crippen LogP contribution in [0.2, 0.25) is 0 Å². The van der Waals surface area contributed by atoms with E-state index in [-0.39, 0.29) is 11.5 Å². The zero-order valence-corrected chi connectivity index (χ0v) is 14.1. The van der Waals surface area contributed by atoms with Crippen LogP contribution in [0.3, 0.4) is 0 Å². The van der Waals surface area contributed by atoms with Crippen molar-refractivity contribution in [1.82, 2.24) is 14.8 Å². The molecule has 114 valence electrons. The molecule has 2 aromatic rings. The average Bonchev–Trinajstić information content (AvgIpc) is 2.79. The predicted octanol–water partition coefficient (Wildman–Crippen LogP) is 4.40. The molecule has 2 rings (SSSR count). The molecule has 0 saturated carbocycles. The maximum Gasteiger partial charge on any atom is 0.195 e. The molecule has 0 aliphatic heterocycles. The van der Waals surface area contributed by atoms with E-state index in [1.807, 2.05) is 30.5 Å². The summed E-state index contributed by atoms with van der Waals surface area (Å²) in [5.41, 5.74) is 1.44. The Hall–Kier alpha value is -1.62. The molecule has 0 radical (unpaired) electrons. The van der Waals surface area contributed by atoms with Gasteiger partial charge in [-0.25, -0.2) is 0 Å². The Labute approximate surface area is 131 Å². The van der Waals surface area contributed by atoms with Crippen LogP contribution in [0.5, 0.6) is 5.75 Å². The molecule has 21 heavy (non-hydrogen) atoms.